The zero-order valence-electron chi connectivity index (χ0n) is 11.9. The van der Waals surface area contributed by atoms with Crippen LogP contribution in [0.1, 0.15) is 48.0 Å². The average Bonchev–Trinajstić information content (AvgIpc) is 2.46. The molecule has 1 fully saturated rings. The molecule has 1 saturated carbocycles. The Morgan fingerprint density at radius 3 is 2.37 bits per heavy atom. The predicted molar refractivity (Wildman–Crippen MR) is 82.6 cm³/mol. The lowest BCUT2D eigenvalue weighted by Gasteiger charge is -2.20. The maximum atomic E-state index is 11.8. The first-order valence-corrected chi connectivity index (χ1v) is 8.14. The number of benzene rings is 1. The summed E-state index contributed by atoms with van der Waals surface area (Å²) in [5, 5.41) is 0.844. The van der Waals surface area contributed by atoms with Crippen molar-refractivity contribution >= 4 is 17.7 Å². The monoisotopic (exact) mass is 277 g/mol. The van der Waals surface area contributed by atoms with Crippen LogP contribution >= 0.6 is 11.8 Å². The Kier molecular flexibility index (Phi) is 5.32. The highest BCUT2D eigenvalue weighted by Gasteiger charge is 2.13. The number of hydrogen-bond donors (Lipinski definition) is 0. The largest absolute Gasteiger partial charge is 0.345 e. The Morgan fingerprint density at radius 2 is 1.79 bits per heavy atom. The van der Waals surface area contributed by atoms with E-state index in [2.05, 4.69) is 23.9 Å². The molecular weight excluding hydrogens is 254 g/mol. The molecule has 0 unspecified atom stereocenters. The molecule has 2 rings (SSSR count). The number of rotatable bonds is 4. The van der Waals surface area contributed by atoms with Crippen molar-refractivity contribution in [3.63, 3.8) is 0 Å². The Morgan fingerprint density at radius 1 is 1.16 bits per heavy atom. The average molecular weight is 277 g/mol. The number of amides is 1. The summed E-state index contributed by atoms with van der Waals surface area (Å²) < 4.78 is 0. The van der Waals surface area contributed by atoms with Crippen LogP contribution in [-0.2, 0) is 5.75 Å². The number of hydrogen-bond acceptors (Lipinski definition) is 2. The number of thioether (sulfide) groups is 1. The van der Waals surface area contributed by atoms with Gasteiger partial charge in [-0.05, 0) is 30.5 Å². The van der Waals surface area contributed by atoms with Crippen molar-refractivity contribution < 1.29 is 4.79 Å². The molecule has 0 aromatic heterocycles. The van der Waals surface area contributed by atoms with Gasteiger partial charge >= 0.3 is 0 Å². The summed E-state index contributed by atoms with van der Waals surface area (Å²) in [5.41, 5.74) is 2.10. The van der Waals surface area contributed by atoms with E-state index in [4.69, 9.17) is 0 Å². The van der Waals surface area contributed by atoms with Gasteiger partial charge in [0.05, 0.1) is 0 Å². The molecule has 0 spiro atoms. The van der Waals surface area contributed by atoms with Crippen molar-refractivity contribution in [3.8, 4) is 0 Å². The van der Waals surface area contributed by atoms with Gasteiger partial charge in [0, 0.05) is 30.7 Å². The van der Waals surface area contributed by atoms with Gasteiger partial charge in [0.1, 0.15) is 0 Å². The molecule has 0 radical (unpaired) electrons. The molecule has 2 nitrogen and oxygen atoms in total. The van der Waals surface area contributed by atoms with Crippen LogP contribution in [0, 0.1) is 0 Å². The third-order valence-electron chi connectivity index (χ3n) is 3.64. The van der Waals surface area contributed by atoms with Gasteiger partial charge in [-0.1, -0.05) is 31.4 Å². The normalized spacial score (nSPS) is 16.3. The summed E-state index contributed by atoms with van der Waals surface area (Å²) in [7, 11) is 3.57. The van der Waals surface area contributed by atoms with Gasteiger partial charge < -0.3 is 4.90 Å². The van der Waals surface area contributed by atoms with Gasteiger partial charge in [0.2, 0.25) is 0 Å². The lowest BCUT2D eigenvalue weighted by atomic mass is 10.0. The van der Waals surface area contributed by atoms with Crippen molar-refractivity contribution in [2.75, 3.05) is 14.1 Å². The minimum absolute atomic E-state index is 0.0754. The Balaban J connectivity index is 1.86. The minimum atomic E-state index is 0.0754. The molecule has 0 heterocycles. The minimum Gasteiger partial charge on any atom is -0.345 e. The van der Waals surface area contributed by atoms with Gasteiger partial charge in [-0.2, -0.15) is 11.8 Å². The van der Waals surface area contributed by atoms with E-state index in [0.29, 0.717) is 0 Å². The van der Waals surface area contributed by atoms with Crippen LogP contribution in [0.5, 0.6) is 0 Å². The van der Waals surface area contributed by atoms with Crippen LogP contribution < -0.4 is 0 Å². The molecule has 0 aliphatic heterocycles. The number of carbonyl (C=O) groups is 1. The van der Waals surface area contributed by atoms with Gasteiger partial charge in [0.15, 0.2) is 0 Å². The molecule has 3 heteroatoms. The van der Waals surface area contributed by atoms with Gasteiger partial charge in [-0.25, -0.2) is 0 Å². The SMILES string of the molecule is CN(C)C(=O)c1ccc(CSC2CCCCC2)cc1. The van der Waals surface area contributed by atoms with Crippen molar-refractivity contribution in [2.45, 2.75) is 43.1 Å². The molecule has 0 bridgehead atoms. The fraction of sp³-hybridized carbons (Fsp3) is 0.562. The van der Waals surface area contributed by atoms with Gasteiger partial charge in [-0.15, -0.1) is 0 Å². The fourth-order valence-corrected chi connectivity index (χ4v) is 3.73. The molecule has 1 amide bonds. The van der Waals surface area contributed by atoms with Crippen molar-refractivity contribution in [2.24, 2.45) is 0 Å². The first-order valence-electron chi connectivity index (χ1n) is 7.09. The Labute approximate surface area is 120 Å². The second kappa shape index (κ2) is 6.99. The second-order valence-electron chi connectivity index (χ2n) is 5.47. The second-order valence-corrected chi connectivity index (χ2v) is 6.76. The van der Waals surface area contributed by atoms with Crippen molar-refractivity contribution in [3.05, 3.63) is 35.4 Å². The molecule has 0 N–H and O–H groups in total. The molecule has 104 valence electrons. The van der Waals surface area contributed by atoms with E-state index in [9.17, 15) is 4.79 Å². The molecule has 1 aromatic carbocycles. The van der Waals surface area contributed by atoms with E-state index in [1.54, 1.807) is 19.0 Å². The van der Waals surface area contributed by atoms with E-state index in [-0.39, 0.29) is 5.91 Å². The molecule has 1 aromatic rings. The first kappa shape index (κ1) is 14.4. The Bertz CT molecular complexity index is 407. The lowest BCUT2D eigenvalue weighted by molar-refractivity contribution is 0.0827. The van der Waals surface area contributed by atoms with Crippen molar-refractivity contribution in [1.29, 1.82) is 0 Å². The Hall–Kier alpha value is -0.960. The van der Waals surface area contributed by atoms with E-state index in [0.717, 1.165) is 16.6 Å². The van der Waals surface area contributed by atoms with Crippen LogP contribution in [0.4, 0.5) is 0 Å². The smallest absolute Gasteiger partial charge is 0.253 e. The molecule has 0 saturated heterocycles. The van der Waals surface area contributed by atoms with E-state index >= 15 is 0 Å². The summed E-state index contributed by atoms with van der Waals surface area (Å²) in [6, 6.07) is 8.07. The predicted octanol–water partition coefficient (Wildman–Crippen LogP) is 3.95. The lowest BCUT2D eigenvalue weighted by Crippen LogP contribution is -2.21. The van der Waals surface area contributed by atoms with E-state index < -0.39 is 0 Å². The fourth-order valence-electron chi connectivity index (χ4n) is 2.45. The number of nitrogens with zero attached hydrogens (tertiary/aromatic N) is 1. The molecule has 19 heavy (non-hydrogen) atoms. The first-order chi connectivity index (χ1) is 9.16. The standard InChI is InChI=1S/C16H23NOS/c1-17(2)16(18)14-10-8-13(9-11-14)12-19-15-6-4-3-5-7-15/h8-11,15H,3-7,12H2,1-2H3. The molecule has 1 aliphatic carbocycles. The third kappa shape index (κ3) is 4.27. The summed E-state index contributed by atoms with van der Waals surface area (Å²) in [6.45, 7) is 0. The van der Waals surface area contributed by atoms with Crippen LogP contribution in [-0.4, -0.2) is 30.2 Å². The number of carbonyl (C=O) groups excluding carboxylic acids is 1. The van der Waals surface area contributed by atoms with Gasteiger partial charge in [-0.3, -0.25) is 4.79 Å². The molecule has 0 atom stereocenters. The van der Waals surface area contributed by atoms with Crippen LogP contribution in [0.25, 0.3) is 0 Å². The van der Waals surface area contributed by atoms with Crippen LogP contribution in [0.3, 0.4) is 0 Å². The highest BCUT2D eigenvalue weighted by Crippen LogP contribution is 2.30. The summed E-state index contributed by atoms with van der Waals surface area (Å²) in [4.78, 5) is 13.4. The highest BCUT2D eigenvalue weighted by molar-refractivity contribution is 7.99. The zero-order valence-corrected chi connectivity index (χ0v) is 12.7. The van der Waals surface area contributed by atoms with E-state index in [1.807, 2.05) is 12.1 Å². The maximum absolute atomic E-state index is 11.8. The topological polar surface area (TPSA) is 20.3 Å². The highest BCUT2D eigenvalue weighted by atomic mass is 32.2. The summed E-state index contributed by atoms with van der Waals surface area (Å²) in [5.74, 6) is 1.15. The zero-order chi connectivity index (χ0) is 13.7. The summed E-state index contributed by atoms with van der Waals surface area (Å²) >= 11 is 2.08. The van der Waals surface area contributed by atoms with Crippen LogP contribution in [0.2, 0.25) is 0 Å². The quantitative estimate of drug-likeness (QED) is 0.830. The maximum Gasteiger partial charge on any atom is 0.253 e. The van der Waals surface area contributed by atoms with E-state index in [1.165, 1.54) is 37.7 Å². The summed E-state index contributed by atoms with van der Waals surface area (Å²) in [6.07, 6.45) is 6.96. The van der Waals surface area contributed by atoms with Crippen molar-refractivity contribution in [1.82, 2.24) is 4.90 Å². The van der Waals surface area contributed by atoms with Crippen LogP contribution in [0.15, 0.2) is 24.3 Å². The molecule has 1 aliphatic rings. The van der Waals surface area contributed by atoms with Gasteiger partial charge in [0.25, 0.3) is 5.91 Å². The third-order valence-corrected chi connectivity index (χ3v) is 5.09. The molecular formula is C16H23NOS.